The van der Waals surface area contributed by atoms with E-state index in [1.807, 2.05) is 6.92 Å². The molecule has 9 heteroatoms. The largest absolute Gasteiger partial charge is 0.496 e. The third kappa shape index (κ3) is 4.25. The van der Waals surface area contributed by atoms with E-state index in [9.17, 15) is 28.2 Å². The first-order chi connectivity index (χ1) is 13.2. The summed E-state index contributed by atoms with van der Waals surface area (Å²) in [7, 11) is -2.93. The van der Waals surface area contributed by atoms with Crippen LogP contribution in [0.1, 0.15) is 40.5 Å². The minimum Gasteiger partial charge on any atom is -0.496 e. The fourth-order valence-corrected chi connectivity index (χ4v) is 4.23. The third-order valence-electron chi connectivity index (χ3n) is 4.11. The van der Waals surface area contributed by atoms with Crippen LogP contribution in [0.2, 0.25) is 0 Å². The number of hydrogen-bond acceptors (Lipinski definition) is 5. The molecule has 2 rings (SSSR count). The number of benzene rings is 2. The molecule has 0 amide bonds. The zero-order valence-electron chi connectivity index (χ0n) is 15.5. The van der Waals surface area contributed by atoms with Crippen molar-refractivity contribution in [2.75, 3.05) is 18.0 Å². The highest BCUT2D eigenvalue weighted by Gasteiger charge is 2.29. The summed E-state index contributed by atoms with van der Waals surface area (Å²) in [5.41, 5.74) is -0.434. The summed E-state index contributed by atoms with van der Waals surface area (Å²) in [5.74, 6) is -2.56. The van der Waals surface area contributed by atoms with Gasteiger partial charge >= 0.3 is 11.9 Å². The maximum Gasteiger partial charge on any atom is 0.339 e. The predicted octanol–water partition coefficient (Wildman–Crippen LogP) is 3.09. The van der Waals surface area contributed by atoms with Gasteiger partial charge < -0.3 is 14.9 Å². The van der Waals surface area contributed by atoms with Crippen LogP contribution in [0.25, 0.3) is 0 Å². The molecule has 0 bridgehead atoms. The molecule has 2 aromatic carbocycles. The Balaban J connectivity index is 2.65. The maximum absolute atomic E-state index is 13.3. The van der Waals surface area contributed by atoms with Gasteiger partial charge in [0.05, 0.1) is 23.3 Å². The van der Waals surface area contributed by atoms with Gasteiger partial charge in [0.25, 0.3) is 10.0 Å². The number of aromatic carboxylic acids is 2. The van der Waals surface area contributed by atoms with Crippen LogP contribution in [0.5, 0.6) is 5.75 Å². The molecule has 0 aliphatic carbocycles. The first kappa shape index (κ1) is 21.2. The molecule has 8 nitrogen and oxygen atoms in total. The second kappa shape index (κ2) is 8.75. The molecule has 2 N–H and O–H groups in total. The van der Waals surface area contributed by atoms with Gasteiger partial charge in [0, 0.05) is 6.54 Å². The van der Waals surface area contributed by atoms with E-state index in [1.165, 1.54) is 37.4 Å². The number of carboxylic acids is 2. The molecule has 0 radical (unpaired) electrons. The van der Waals surface area contributed by atoms with E-state index in [0.717, 1.165) is 10.4 Å². The van der Waals surface area contributed by atoms with Gasteiger partial charge in [0.15, 0.2) is 0 Å². The predicted molar refractivity (Wildman–Crippen MR) is 103 cm³/mol. The minimum atomic E-state index is -4.21. The van der Waals surface area contributed by atoms with E-state index in [0.29, 0.717) is 12.8 Å². The van der Waals surface area contributed by atoms with E-state index in [-0.39, 0.29) is 34.0 Å². The zero-order chi connectivity index (χ0) is 20.9. The molecule has 150 valence electrons. The Morgan fingerprint density at radius 2 is 1.68 bits per heavy atom. The summed E-state index contributed by atoms with van der Waals surface area (Å²) in [5, 5.41) is 18.8. The number of sulfonamides is 1. The van der Waals surface area contributed by atoms with Crippen LogP contribution in [0.3, 0.4) is 0 Å². The molecule has 0 unspecified atom stereocenters. The topological polar surface area (TPSA) is 121 Å². The fraction of sp³-hybridized carbons (Fsp3) is 0.263. The van der Waals surface area contributed by atoms with Crippen LogP contribution in [-0.4, -0.2) is 44.2 Å². The highest BCUT2D eigenvalue weighted by atomic mass is 32.2. The quantitative estimate of drug-likeness (QED) is 0.655. The molecule has 0 aliphatic heterocycles. The summed E-state index contributed by atoms with van der Waals surface area (Å²) < 4.78 is 32.5. The van der Waals surface area contributed by atoms with Crippen molar-refractivity contribution in [1.29, 1.82) is 0 Å². The average Bonchev–Trinajstić information content (AvgIpc) is 2.67. The van der Waals surface area contributed by atoms with Crippen molar-refractivity contribution in [3.63, 3.8) is 0 Å². The molecule has 0 aromatic heterocycles. The van der Waals surface area contributed by atoms with Gasteiger partial charge in [0.2, 0.25) is 0 Å². The molecule has 0 saturated carbocycles. The Labute approximate surface area is 163 Å². The SMILES string of the molecule is CCCCN(c1ccccc1C(=O)O)S(=O)(=O)c1ccc(OC)c(C(=O)O)c1. The number of ether oxygens (including phenoxy) is 1. The van der Waals surface area contributed by atoms with Gasteiger partial charge in [-0.15, -0.1) is 0 Å². The summed E-state index contributed by atoms with van der Waals surface area (Å²) >= 11 is 0. The lowest BCUT2D eigenvalue weighted by molar-refractivity contribution is 0.0684. The number of unbranched alkanes of at least 4 members (excludes halogenated alkanes) is 1. The van der Waals surface area contributed by atoms with E-state index in [4.69, 9.17) is 4.74 Å². The van der Waals surface area contributed by atoms with Crippen LogP contribution in [0, 0.1) is 0 Å². The van der Waals surface area contributed by atoms with Gasteiger partial charge in [-0.2, -0.15) is 0 Å². The average molecular weight is 407 g/mol. The second-order valence-corrected chi connectivity index (χ2v) is 7.78. The van der Waals surface area contributed by atoms with Gasteiger partial charge in [-0.05, 0) is 36.8 Å². The Morgan fingerprint density at radius 3 is 2.25 bits per heavy atom. The summed E-state index contributed by atoms with van der Waals surface area (Å²) in [6, 6.07) is 9.31. The Hall–Kier alpha value is -3.07. The van der Waals surface area contributed by atoms with Crippen LogP contribution in [0.15, 0.2) is 47.4 Å². The number of carbonyl (C=O) groups is 2. The lowest BCUT2D eigenvalue weighted by Crippen LogP contribution is -2.33. The maximum atomic E-state index is 13.3. The number of nitrogens with zero attached hydrogens (tertiary/aromatic N) is 1. The molecule has 28 heavy (non-hydrogen) atoms. The molecular formula is C19H21NO7S. The fourth-order valence-electron chi connectivity index (χ4n) is 2.69. The number of anilines is 1. The lowest BCUT2D eigenvalue weighted by atomic mass is 10.1. The van der Waals surface area contributed by atoms with Crippen molar-refractivity contribution in [3.05, 3.63) is 53.6 Å². The second-order valence-electron chi connectivity index (χ2n) is 5.92. The van der Waals surface area contributed by atoms with E-state index >= 15 is 0 Å². The molecule has 0 fully saturated rings. The van der Waals surface area contributed by atoms with Crippen LogP contribution in [-0.2, 0) is 10.0 Å². The highest BCUT2D eigenvalue weighted by molar-refractivity contribution is 7.92. The summed E-state index contributed by atoms with van der Waals surface area (Å²) in [6.45, 7) is 1.93. The van der Waals surface area contributed by atoms with Gasteiger partial charge in [0.1, 0.15) is 11.3 Å². The standard InChI is InChI=1S/C19H21NO7S/c1-3-4-11-20(16-8-6-5-7-14(16)18(21)22)28(25,26)13-9-10-17(27-2)15(12-13)19(23)24/h5-10,12H,3-4,11H2,1-2H3,(H,21,22)(H,23,24). The van der Waals surface area contributed by atoms with Crippen molar-refractivity contribution in [3.8, 4) is 5.75 Å². The highest BCUT2D eigenvalue weighted by Crippen LogP contribution is 2.30. The van der Waals surface area contributed by atoms with Gasteiger partial charge in [-0.1, -0.05) is 25.5 Å². The summed E-state index contributed by atoms with van der Waals surface area (Å²) in [4.78, 5) is 22.8. The Morgan fingerprint density at radius 1 is 1.04 bits per heavy atom. The van der Waals surface area contributed by atoms with E-state index < -0.39 is 22.0 Å². The Bertz CT molecular complexity index is 986. The first-order valence-electron chi connectivity index (χ1n) is 8.50. The minimum absolute atomic E-state index is 0.0242. The van der Waals surface area contributed by atoms with Crippen LogP contribution in [0.4, 0.5) is 5.69 Å². The van der Waals surface area contributed by atoms with Crippen LogP contribution >= 0.6 is 0 Å². The van der Waals surface area contributed by atoms with Crippen LogP contribution < -0.4 is 9.04 Å². The molecule has 0 heterocycles. The number of methoxy groups -OCH3 is 1. The van der Waals surface area contributed by atoms with Gasteiger partial charge in [-0.25, -0.2) is 18.0 Å². The molecule has 0 atom stereocenters. The molecular weight excluding hydrogens is 386 g/mol. The van der Waals surface area contributed by atoms with E-state index in [2.05, 4.69) is 0 Å². The van der Waals surface area contributed by atoms with Crippen molar-refractivity contribution < 1.29 is 33.0 Å². The molecule has 0 spiro atoms. The number of para-hydroxylation sites is 1. The van der Waals surface area contributed by atoms with Crippen molar-refractivity contribution in [2.24, 2.45) is 0 Å². The van der Waals surface area contributed by atoms with Gasteiger partial charge in [-0.3, -0.25) is 4.31 Å². The van der Waals surface area contributed by atoms with Crippen molar-refractivity contribution in [2.45, 2.75) is 24.7 Å². The van der Waals surface area contributed by atoms with Crippen molar-refractivity contribution >= 4 is 27.6 Å². The zero-order valence-corrected chi connectivity index (χ0v) is 16.3. The number of hydrogen-bond donors (Lipinski definition) is 2. The number of rotatable bonds is 9. The third-order valence-corrected chi connectivity index (χ3v) is 5.92. The smallest absolute Gasteiger partial charge is 0.339 e. The summed E-state index contributed by atoms with van der Waals surface area (Å²) in [6.07, 6.45) is 1.18. The molecule has 0 aliphatic rings. The number of carboxylic acid groups (broad SMARTS) is 2. The molecule has 0 saturated heterocycles. The molecule has 2 aromatic rings. The Kier molecular flexibility index (Phi) is 6.63. The monoisotopic (exact) mass is 407 g/mol. The van der Waals surface area contributed by atoms with E-state index in [1.54, 1.807) is 6.07 Å². The first-order valence-corrected chi connectivity index (χ1v) is 9.94. The normalized spacial score (nSPS) is 11.1. The van der Waals surface area contributed by atoms with Crippen molar-refractivity contribution in [1.82, 2.24) is 0 Å². The lowest BCUT2D eigenvalue weighted by Gasteiger charge is -2.26.